The molecule has 0 aromatic heterocycles. The average Bonchev–Trinajstić information content (AvgIpc) is 3.51. The molecule has 4 atom stereocenters. The number of phenolic OH excluding ortho intramolecular Hbond substituents is 1. The maximum Gasteiger partial charge on any atom is 0.488 e. The quantitative estimate of drug-likeness (QED) is 0.0533. The lowest BCUT2D eigenvalue weighted by Gasteiger charge is -2.44. The number of amides is 2. The zero-order valence-corrected chi connectivity index (χ0v) is 35.7. The van der Waals surface area contributed by atoms with Gasteiger partial charge in [-0.1, -0.05) is 142 Å². The monoisotopic (exact) mass is 823 g/mol. The van der Waals surface area contributed by atoms with Gasteiger partial charge in [0.25, 0.3) is 8.32 Å². The second-order valence-electron chi connectivity index (χ2n) is 17.0. The van der Waals surface area contributed by atoms with E-state index in [1.54, 1.807) is 18.2 Å². The molecule has 1 aliphatic heterocycles. The number of aliphatic hydroxyl groups is 2. The number of benzene rings is 5. The van der Waals surface area contributed by atoms with Crippen molar-refractivity contribution in [2.45, 2.75) is 64.5 Å². The Balaban J connectivity index is 1.30. The van der Waals surface area contributed by atoms with Crippen LogP contribution in [0.5, 0.6) is 5.75 Å². The second kappa shape index (κ2) is 17.8. The molecular weight excluding hydrogens is 769 g/mol. The molecule has 2 aliphatic rings. The summed E-state index contributed by atoms with van der Waals surface area (Å²) in [7, 11) is -4.90. The Morgan fingerprint density at radius 1 is 0.867 bits per heavy atom. The van der Waals surface area contributed by atoms with Crippen LogP contribution in [0.3, 0.4) is 0 Å². The summed E-state index contributed by atoms with van der Waals surface area (Å²) in [6.45, 7) is 8.20. The Morgan fingerprint density at radius 2 is 1.50 bits per heavy atom. The van der Waals surface area contributed by atoms with Crippen LogP contribution in [0.2, 0.25) is 5.04 Å². The number of nitrogens with zero attached hydrogens (tertiary/aromatic N) is 1. The third kappa shape index (κ3) is 8.05. The van der Waals surface area contributed by atoms with E-state index in [-0.39, 0.29) is 35.0 Å². The summed E-state index contributed by atoms with van der Waals surface area (Å²) in [5.74, 6) is -3.39. The lowest BCUT2D eigenvalue weighted by molar-refractivity contribution is -0.123. The Morgan fingerprint density at radius 3 is 2.10 bits per heavy atom. The van der Waals surface area contributed by atoms with Crippen LogP contribution in [0.4, 0.5) is 5.69 Å². The van der Waals surface area contributed by atoms with E-state index in [0.717, 1.165) is 37.2 Å². The van der Waals surface area contributed by atoms with Gasteiger partial charge in [0.05, 0.1) is 36.8 Å². The molecule has 5 aromatic rings. The minimum absolute atomic E-state index is 0.0724. The minimum Gasteiger partial charge on any atom is -0.507 e. The average molecular weight is 824 g/mol. The maximum atomic E-state index is 14.5. The summed E-state index contributed by atoms with van der Waals surface area (Å²) in [4.78, 5) is 30.0. The highest BCUT2D eigenvalue weighted by molar-refractivity contribution is 6.99. The van der Waals surface area contributed by atoms with Crippen LogP contribution in [0.25, 0.3) is 16.8 Å². The molecule has 0 saturated carbocycles. The molecule has 2 amide bonds. The van der Waals surface area contributed by atoms with E-state index in [9.17, 15) is 35.0 Å². The predicted molar refractivity (Wildman–Crippen MR) is 241 cm³/mol. The molecule has 0 spiro atoms. The molecule has 60 heavy (non-hydrogen) atoms. The molecule has 1 saturated heterocycles. The standard InChI is InChI=1S/C49H54BNO8Si/c1-5-32(27-33-24-26-43(53)40-22-13-12-21-39(33)40)23-25-44(54)45-34(31-59-60(49(2,3)4,37-17-8-6-9-18-37)38-19-10-7-11-20-38)28-41-46(42(45)30-52)48(56)51(47(41)55)36-16-14-15-35(29-36)50(57)58/h6-22,24,26-27,29,41-42,44,46,52-54,57-58H,5,23,25,28,30-31H2,1-4H3/b32-27+/t41-,42+,44-,46-/m1/s1. The van der Waals surface area contributed by atoms with Gasteiger partial charge in [-0.05, 0) is 86.9 Å². The molecule has 11 heteroatoms. The number of aliphatic hydroxyl groups excluding tert-OH is 2. The molecule has 5 N–H and O–H groups in total. The Bertz CT molecular complexity index is 2370. The van der Waals surface area contributed by atoms with E-state index in [2.05, 4.69) is 58.0 Å². The molecular formula is C49H54BNO8Si. The number of carbonyl (C=O) groups excluding carboxylic acids is 2. The first-order chi connectivity index (χ1) is 28.8. The first kappa shape index (κ1) is 43.0. The van der Waals surface area contributed by atoms with Gasteiger partial charge in [-0.15, -0.1) is 0 Å². The molecule has 310 valence electrons. The third-order valence-electron chi connectivity index (χ3n) is 12.5. The number of imide groups is 1. The topological polar surface area (TPSA) is 148 Å². The summed E-state index contributed by atoms with van der Waals surface area (Å²) in [6.07, 6.45) is 2.69. The predicted octanol–water partition coefficient (Wildman–Crippen LogP) is 5.85. The van der Waals surface area contributed by atoms with E-state index in [0.29, 0.717) is 30.4 Å². The number of anilines is 1. The van der Waals surface area contributed by atoms with Gasteiger partial charge >= 0.3 is 7.12 Å². The molecule has 1 aliphatic carbocycles. The van der Waals surface area contributed by atoms with Gasteiger partial charge < -0.3 is 29.8 Å². The van der Waals surface area contributed by atoms with E-state index in [1.807, 2.05) is 66.7 Å². The van der Waals surface area contributed by atoms with E-state index < -0.39 is 57.7 Å². The summed E-state index contributed by atoms with van der Waals surface area (Å²) in [6, 6.07) is 37.7. The Labute approximate surface area is 353 Å². The highest BCUT2D eigenvalue weighted by atomic mass is 28.4. The van der Waals surface area contributed by atoms with Crippen LogP contribution in [0.1, 0.15) is 58.9 Å². The third-order valence-corrected chi connectivity index (χ3v) is 17.5. The van der Waals surface area contributed by atoms with Crippen LogP contribution in [-0.2, 0) is 14.0 Å². The van der Waals surface area contributed by atoms with Crippen LogP contribution in [0.15, 0.2) is 138 Å². The van der Waals surface area contributed by atoms with Crippen LogP contribution in [-0.4, -0.2) is 71.9 Å². The van der Waals surface area contributed by atoms with E-state index >= 15 is 0 Å². The Hall–Kier alpha value is -5.14. The van der Waals surface area contributed by atoms with Crippen molar-refractivity contribution in [1.82, 2.24) is 0 Å². The van der Waals surface area contributed by atoms with Crippen molar-refractivity contribution < 1.29 is 39.4 Å². The molecule has 1 heterocycles. The normalized spacial score (nSPS) is 19.2. The summed E-state index contributed by atoms with van der Waals surface area (Å²) >= 11 is 0. The zero-order chi connectivity index (χ0) is 42.8. The number of aromatic hydroxyl groups is 1. The first-order valence-electron chi connectivity index (χ1n) is 20.8. The van der Waals surface area contributed by atoms with E-state index in [4.69, 9.17) is 4.43 Å². The summed E-state index contributed by atoms with van der Waals surface area (Å²) in [5.41, 5.74) is 3.61. The van der Waals surface area contributed by atoms with Crippen molar-refractivity contribution in [2.24, 2.45) is 17.8 Å². The minimum atomic E-state index is -3.10. The number of phenols is 1. The van der Waals surface area contributed by atoms with Gasteiger partial charge in [-0.2, -0.15) is 0 Å². The van der Waals surface area contributed by atoms with Gasteiger partial charge in [0, 0.05) is 11.3 Å². The van der Waals surface area contributed by atoms with Gasteiger partial charge in [0.2, 0.25) is 11.8 Å². The SMILES string of the molecule is CC/C(=C\c1ccc(O)c2ccccc12)CC[C@@H](O)C1=C(CO[Si](c2ccccc2)(c2ccccc2)C(C)(C)C)C[C@H]2C(=O)N(c3cccc(B(O)O)c3)C(=O)[C@H]2[C@H]1CO. The van der Waals surface area contributed by atoms with Gasteiger partial charge in [0.15, 0.2) is 0 Å². The van der Waals surface area contributed by atoms with Crippen LogP contribution >= 0.6 is 0 Å². The maximum absolute atomic E-state index is 14.5. The van der Waals surface area contributed by atoms with E-state index in [1.165, 1.54) is 12.1 Å². The zero-order valence-electron chi connectivity index (χ0n) is 34.7. The fraction of sp³-hybridized carbons (Fsp3) is 0.306. The summed E-state index contributed by atoms with van der Waals surface area (Å²) in [5, 5.41) is 57.4. The van der Waals surface area contributed by atoms with Crippen molar-refractivity contribution in [3.05, 3.63) is 144 Å². The number of fused-ring (bicyclic) bond motifs is 2. The number of hydrogen-bond acceptors (Lipinski definition) is 8. The fourth-order valence-electron chi connectivity index (χ4n) is 9.61. The van der Waals surface area contributed by atoms with Crippen molar-refractivity contribution in [2.75, 3.05) is 18.1 Å². The molecule has 0 radical (unpaired) electrons. The van der Waals surface area contributed by atoms with Crippen LogP contribution < -0.4 is 20.7 Å². The molecule has 0 bridgehead atoms. The van der Waals surface area contributed by atoms with Crippen molar-refractivity contribution >= 4 is 65.6 Å². The molecule has 0 unspecified atom stereocenters. The smallest absolute Gasteiger partial charge is 0.488 e. The number of rotatable bonds is 14. The van der Waals surface area contributed by atoms with Crippen molar-refractivity contribution in [1.29, 1.82) is 0 Å². The lowest BCUT2D eigenvalue weighted by Crippen LogP contribution is -2.66. The first-order valence-corrected chi connectivity index (χ1v) is 22.7. The van der Waals surface area contributed by atoms with Gasteiger partial charge in [-0.3, -0.25) is 14.5 Å². The molecule has 5 aromatic carbocycles. The summed E-state index contributed by atoms with van der Waals surface area (Å²) < 4.78 is 7.41. The Kier molecular flexibility index (Phi) is 12.8. The number of carbonyl (C=O) groups is 2. The fourth-order valence-corrected chi connectivity index (χ4v) is 14.2. The largest absolute Gasteiger partial charge is 0.507 e. The van der Waals surface area contributed by atoms with Crippen molar-refractivity contribution in [3.63, 3.8) is 0 Å². The molecule has 1 fully saturated rings. The highest BCUT2D eigenvalue weighted by Crippen LogP contribution is 2.48. The highest BCUT2D eigenvalue weighted by Gasteiger charge is 2.56. The number of hydrogen-bond donors (Lipinski definition) is 5. The van der Waals surface area contributed by atoms with Crippen molar-refractivity contribution in [3.8, 4) is 5.75 Å². The van der Waals surface area contributed by atoms with Gasteiger partial charge in [0.1, 0.15) is 5.75 Å². The lowest BCUT2D eigenvalue weighted by atomic mass is 9.68. The van der Waals surface area contributed by atoms with Gasteiger partial charge in [-0.25, -0.2) is 0 Å². The molecule has 9 nitrogen and oxygen atoms in total. The number of allylic oxidation sites excluding steroid dienone is 1. The molecule has 7 rings (SSSR count). The second-order valence-corrected chi connectivity index (χ2v) is 21.4. The van der Waals surface area contributed by atoms with Crippen LogP contribution in [0, 0.1) is 17.8 Å².